The zero-order valence-electron chi connectivity index (χ0n) is 11.3. The van der Waals surface area contributed by atoms with Crippen LogP contribution in [-0.2, 0) is 13.1 Å². The molecule has 5 heteroatoms. The molecule has 0 spiro atoms. The molecule has 0 aliphatic rings. The Morgan fingerprint density at radius 3 is 2.55 bits per heavy atom. The second kappa shape index (κ2) is 8.17. The molecular formula is C15H17Br2NOS. The van der Waals surface area contributed by atoms with Gasteiger partial charge in [0, 0.05) is 18.0 Å². The van der Waals surface area contributed by atoms with Crippen LogP contribution in [0.5, 0.6) is 5.75 Å². The molecule has 20 heavy (non-hydrogen) atoms. The molecule has 2 rings (SSSR count). The molecule has 2 nitrogen and oxygen atoms in total. The maximum atomic E-state index is 5.72. The highest BCUT2D eigenvalue weighted by atomic mass is 79.9. The van der Waals surface area contributed by atoms with Gasteiger partial charge in [-0.2, -0.15) is 0 Å². The quantitative estimate of drug-likeness (QED) is 0.654. The van der Waals surface area contributed by atoms with Crippen molar-refractivity contribution in [2.75, 3.05) is 6.61 Å². The number of hydrogen-bond donors (Lipinski definition) is 1. The van der Waals surface area contributed by atoms with Crippen molar-refractivity contribution in [1.29, 1.82) is 0 Å². The van der Waals surface area contributed by atoms with Gasteiger partial charge in [-0.1, -0.05) is 13.0 Å². The van der Waals surface area contributed by atoms with Gasteiger partial charge in [0.25, 0.3) is 0 Å². The Labute approximate surface area is 140 Å². The number of nitrogens with one attached hydrogen (secondary N) is 1. The van der Waals surface area contributed by atoms with Crippen LogP contribution in [-0.4, -0.2) is 6.61 Å². The van der Waals surface area contributed by atoms with Crippen molar-refractivity contribution in [3.63, 3.8) is 0 Å². The Kier molecular flexibility index (Phi) is 6.55. The van der Waals surface area contributed by atoms with E-state index in [4.69, 9.17) is 4.74 Å². The molecule has 0 aliphatic heterocycles. The minimum atomic E-state index is 0.729. The zero-order valence-corrected chi connectivity index (χ0v) is 15.3. The van der Waals surface area contributed by atoms with E-state index < -0.39 is 0 Å². The van der Waals surface area contributed by atoms with E-state index in [1.807, 2.05) is 0 Å². The van der Waals surface area contributed by atoms with Gasteiger partial charge in [0.05, 0.1) is 15.6 Å². The van der Waals surface area contributed by atoms with E-state index in [2.05, 4.69) is 73.7 Å². The fourth-order valence-corrected chi connectivity index (χ4v) is 3.98. The Bertz CT molecular complexity index is 520. The van der Waals surface area contributed by atoms with Crippen LogP contribution in [0.4, 0.5) is 0 Å². The van der Waals surface area contributed by atoms with Gasteiger partial charge in [0.2, 0.25) is 0 Å². The maximum absolute atomic E-state index is 5.72. The Morgan fingerprint density at radius 2 is 1.95 bits per heavy atom. The van der Waals surface area contributed by atoms with Gasteiger partial charge in [-0.3, -0.25) is 0 Å². The first-order valence-electron chi connectivity index (χ1n) is 6.54. The molecule has 0 unspecified atom stereocenters. The van der Waals surface area contributed by atoms with Gasteiger partial charge in [-0.15, -0.1) is 11.3 Å². The molecule has 0 saturated heterocycles. The summed E-state index contributed by atoms with van der Waals surface area (Å²) >= 11 is 8.93. The zero-order chi connectivity index (χ0) is 14.4. The summed E-state index contributed by atoms with van der Waals surface area (Å²) in [4.78, 5) is 1.35. The van der Waals surface area contributed by atoms with Crippen LogP contribution in [0.25, 0.3) is 0 Å². The highest BCUT2D eigenvalue weighted by Crippen LogP contribution is 2.34. The molecule has 2 aromatic rings. The smallest absolute Gasteiger partial charge is 0.147 e. The molecule has 0 radical (unpaired) electrons. The number of halogens is 2. The van der Waals surface area contributed by atoms with Crippen LogP contribution in [0.1, 0.15) is 23.8 Å². The second-order valence-corrected chi connectivity index (χ2v) is 7.16. The fourth-order valence-electron chi connectivity index (χ4n) is 1.80. The molecular weight excluding hydrogens is 402 g/mol. The molecule has 0 amide bonds. The Hall–Kier alpha value is -0.360. The summed E-state index contributed by atoms with van der Waals surface area (Å²) < 4.78 is 7.71. The van der Waals surface area contributed by atoms with Gasteiger partial charge in [0.1, 0.15) is 5.75 Å². The van der Waals surface area contributed by atoms with E-state index in [0.29, 0.717) is 0 Å². The lowest BCUT2D eigenvalue weighted by atomic mass is 10.2. The monoisotopic (exact) mass is 417 g/mol. The second-order valence-electron chi connectivity index (χ2n) is 4.42. The van der Waals surface area contributed by atoms with Gasteiger partial charge in [-0.25, -0.2) is 0 Å². The molecule has 1 aromatic heterocycles. The summed E-state index contributed by atoms with van der Waals surface area (Å²) in [7, 11) is 0. The maximum Gasteiger partial charge on any atom is 0.147 e. The van der Waals surface area contributed by atoms with E-state index >= 15 is 0 Å². The molecule has 0 atom stereocenters. The third-order valence-corrected chi connectivity index (χ3v) is 4.77. The van der Waals surface area contributed by atoms with Crippen LogP contribution in [0.2, 0.25) is 0 Å². The minimum absolute atomic E-state index is 0.729. The molecule has 0 aliphatic carbocycles. The van der Waals surface area contributed by atoms with Crippen molar-refractivity contribution in [1.82, 2.24) is 5.32 Å². The van der Waals surface area contributed by atoms with Crippen LogP contribution < -0.4 is 10.1 Å². The number of rotatable bonds is 7. The van der Waals surface area contributed by atoms with Gasteiger partial charge in [-0.05, 0) is 67.4 Å². The lowest BCUT2D eigenvalue weighted by molar-refractivity contribution is 0.313. The summed E-state index contributed by atoms with van der Waals surface area (Å²) in [6, 6.07) is 8.44. The molecule has 1 N–H and O–H groups in total. The number of thiophene rings is 1. The first-order chi connectivity index (χ1) is 9.70. The van der Waals surface area contributed by atoms with E-state index in [1.54, 1.807) is 11.3 Å². The average Bonchev–Trinajstić information content (AvgIpc) is 2.91. The summed E-state index contributed by atoms with van der Waals surface area (Å²) in [6.07, 6.45) is 1.00. The van der Waals surface area contributed by atoms with Crippen molar-refractivity contribution >= 4 is 43.2 Å². The van der Waals surface area contributed by atoms with Gasteiger partial charge in [0.15, 0.2) is 0 Å². The molecule has 0 bridgehead atoms. The Balaban J connectivity index is 1.95. The predicted octanol–water partition coefficient (Wildman–Crippen LogP) is 5.35. The number of hydrogen-bond acceptors (Lipinski definition) is 3. The van der Waals surface area contributed by atoms with Crippen molar-refractivity contribution in [3.8, 4) is 5.75 Å². The Morgan fingerprint density at radius 1 is 1.20 bits per heavy atom. The van der Waals surface area contributed by atoms with E-state index in [9.17, 15) is 0 Å². The fraction of sp³-hybridized carbons (Fsp3) is 0.333. The third kappa shape index (κ3) is 4.58. The molecule has 1 aromatic carbocycles. The topological polar surface area (TPSA) is 21.3 Å². The highest BCUT2D eigenvalue weighted by molar-refractivity contribution is 9.11. The van der Waals surface area contributed by atoms with Crippen molar-refractivity contribution < 1.29 is 4.74 Å². The summed E-state index contributed by atoms with van der Waals surface area (Å²) in [5, 5.41) is 5.55. The summed E-state index contributed by atoms with van der Waals surface area (Å²) in [6.45, 7) is 4.57. The number of ether oxygens (including phenoxy) is 1. The van der Waals surface area contributed by atoms with Crippen molar-refractivity contribution in [2.45, 2.75) is 26.4 Å². The largest absolute Gasteiger partial charge is 0.491 e. The molecule has 108 valence electrons. The van der Waals surface area contributed by atoms with Crippen LogP contribution in [0.15, 0.2) is 38.6 Å². The molecule has 1 heterocycles. The van der Waals surface area contributed by atoms with Gasteiger partial charge < -0.3 is 10.1 Å². The van der Waals surface area contributed by atoms with E-state index in [1.165, 1.54) is 10.4 Å². The standard InChI is InChI=1S/C15H17Br2NOS/c1-2-5-19-15-13(16)7-11(8-14(15)17)9-18-10-12-4-3-6-20-12/h3-4,6-8,18H,2,5,9-10H2,1H3. The van der Waals surface area contributed by atoms with Crippen LogP contribution in [0, 0.1) is 0 Å². The normalized spacial score (nSPS) is 10.8. The summed E-state index contributed by atoms with van der Waals surface area (Å²) in [5.41, 5.74) is 1.23. The SMILES string of the molecule is CCCOc1c(Br)cc(CNCc2cccs2)cc1Br. The molecule has 0 fully saturated rings. The lowest BCUT2D eigenvalue weighted by Gasteiger charge is -2.12. The average molecular weight is 419 g/mol. The highest BCUT2D eigenvalue weighted by Gasteiger charge is 2.08. The van der Waals surface area contributed by atoms with Crippen LogP contribution >= 0.6 is 43.2 Å². The number of benzene rings is 1. The third-order valence-electron chi connectivity index (χ3n) is 2.72. The molecule has 0 saturated carbocycles. The van der Waals surface area contributed by atoms with Crippen molar-refractivity contribution in [2.24, 2.45) is 0 Å². The first-order valence-corrected chi connectivity index (χ1v) is 9.01. The minimum Gasteiger partial charge on any atom is -0.491 e. The summed E-state index contributed by atoms with van der Waals surface area (Å²) in [5.74, 6) is 0.883. The van der Waals surface area contributed by atoms with E-state index in [0.717, 1.165) is 40.8 Å². The predicted molar refractivity (Wildman–Crippen MR) is 92.5 cm³/mol. The van der Waals surface area contributed by atoms with E-state index in [-0.39, 0.29) is 0 Å². The van der Waals surface area contributed by atoms with Crippen molar-refractivity contribution in [3.05, 3.63) is 49.0 Å². The lowest BCUT2D eigenvalue weighted by Crippen LogP contribution is -2.12. The van der Waals surface area contributed by atoms with Gasteiger partial charge >= 0.3 is 0 Å². The van der Waals surface area contributed by atoms with Crippen LogP contribution in [0.3, 0.4) is 0 Å². The first kappa shape index (κ1) is 16.0.